The Kier molecular flexibility index (Phi) is 6.83. The second-order valence-corrected chi connectivity index (χ2v) is 6.28. The van der Waals surface area contributed by atoms with Crippen LogP contribution in [0, 0.1) is 0 Å². The monoisotopic (exact) mass is 324 g/mol. The van der Waals surface area contributed by atoms with E-state index in [2.05, 4.69) is 20.8 Å². The summed E-state index contributed by atoms with van der Waals surface area (Å²) in [7, 11) is 0. The molecule has 2 rings (SSSR count). The first-order valence-corrected chi connectivity index (χ1v) is 8.65. The zero-order valence-corrected chi connectivity index (χ0v) is 14.0. The molecule has 1 aromatic rings. The van der Waals surface area contributed by atoms with Crippen molar-refractivity contribution in [3.8, 4) is 0 Å². The van der Waals surface area contributed by atoms with Crippen LogP contribution < -0.4 is 10.6 Å². The first-order chi connectivity index (χ1) is 11.1. The first kappa shape index (κ1) is 17.7. The minimum absolute atomic E-state index is 0.0346. The number of hydrogen-bond donors (Lipinski definition) is 3. The van der Waals surface area contributed by atoms with Crippen molar-refractivity contribution in [1.29, 1.82) is 0 Å². The lowest BCUT2D eigenvalue weighted by atomic mass is 9.89. The lowest BCUT2D eigenvalue weighted by Gasteiger charge is -2.18. The summed E-state index contributed by atoms with van der Waals surface area (Å²) in [6.45, 7) is 3.85. The first-order valence-electron chi connectivity index (χ1n) is 8.65. The molecule has 1 aromatic heterocycles. The number of hydrogen-bond acceptors (Lipinski definition) is 5. The highest BCUT2D eigenvalue weighted by atomic mass is 16.5. The average molecular weight is 324 g/mol. The highest BCUT2D eigenvalue weighted by molar-refractivity contribution is 5.74. The summed E-state index contributed by atoms with van der Waals surface area (Å²) in [5, 5.41) is 18.7. The molecular formula is C16H28N4O3. The Bertz CT molecular complexity index is 485. The third kappa shape index (κ3) is 5.20. The number of amides is 2. The molecule has 0 saturated heterocycles. The predicted molar refractivity (Wildman–Crippen MR) is 86.0 cm³/mol. The van der Waals surface area contributed by atoms with Gasteiger partial charge in [0, 0.05) is 18.6 Å². The SMILES string of the molecule is CCC(CCO)NC(=O)NC(C)c1nc(C2CCCCC2)no1. The maximum absolute atomic E-state index is 12.0. The van der Waals surface area contributed by atoms with Gasteiger partial charge in [0.2, 0.25) is 5.89 Å². The highest BCUT2D eigenvalue weighted by Gasteiger charge is 2.23. The molecular weight excluding hydrogens is 296 g/mol. The van der Waals surface area contributed by atoms with E-state index in [0.29, 0.717) is 18.2 Å². The normalized spacial score (nSPS) is 18.4. The van der Waals surface area contributed by atoms with Gasteiger partial charge in [0.1, 0.15) is 6.04 Å². The minimum Gasteiger partial charge on any atom is -0.396 e. The maximum Gasteiger partial charge on any atom is 0.315 e. The smallest absolute Gasteiger partial charge is 0.315 e. The number of urea groups is 1. The number of aliphatic hydroxyl groups is 1. The van der Waals surface area contributed by atoms with Crippen molar-refractivity contribution in [3.05, 3.63) is 11.7 Å². The Morgan fingerprint density at radius 2 is 2.09 bits per heavy atom. The van der Waals surface area contributed by atoms with E-state index in [4.69, 9.17) is 9.63 Å². The zero-order chi connectivity index (χ0) is 16.7. The largest absolute Gasteiger partial charge is 0.396 e. The maximum atomic E-state index is 12.0. The molecule has 7 nitrogen and oxygen atoms in total. The van der Waals surface area contributed by atoms with E-state index >= 15 is 0 Å². The summed E-state index contributed by atoms with van der Waals surface area (Å²) in [6, 6.07) is -0.658. The Balaban J connectivity index is 1.86. The lowest BCUT2D eigenvalue weighted by Crippen LogP contribution is -2.43. The number of carbonyl (C=O) groups excluding carboxylic acids is 1. The number of aliphatic hydroxyl groups excluding tert-OH is 1. The molecule has 0 radical (unpaired) electrons. The topological polar surface area (TPSA) is 100 Å². The van der Waals surface area contributed by atoms with E-state index in [1.165, 1.54) is 19.3 Å². The van der Waals surface area contributed by atoms with Gasteiger partial charge in [0.25, 0.3) is 0 Å². The molecule has 0 bridgehead atoms. The minimum atomic E-state index is -0.341. The average Bonchev–Trinajstić information content (AvgIpc) is 3.05. The number of aromatic nitrogens is 2. The van der Waals surface area contributed by atoms with Crippen molar-refractivity contribution in [3.63, 3.8) is 0 Å². The standard InChI is InChI=1S/C16H28N4O3/c1-3-13(9-10-21)18-16(22)17-11(2)15-19-14(20-23-15)12-7-5-4-6-8-12/h11-13,21H,3-10H2,1-2H3,(H2,17,18,22). The van der Waals surface area contributed by atoms with Crippen LogP contribution in [0.1, 0.15) is 82.5 Å². The summed E-state index contributed by atoms with van der Waals surface area (Å²) in [5.74, 6) is 1.59. The van der Waals surface area contributed by atoms with Gasteiger partial charge in [-0.3, -0.25) is 0 Å². The van der Waals surface area contributed by atoms with Crippen LogP contribution >= 0.6 is 0 Å². The number of carbonyl (C=O) groups is 1. The Hall–Kier alpha value is -1.63. The van der Waals surface area contributed by atoms with E-state index in [1.807, 2.05) is 13.8 Å². The molecule has 1 heterocycles. The van der Waals surface area contributed by atoms with Gasteiger partial charge in [-0.2, -0.15) is 4.98 Å². The van der Waals surface area contributed by atoms with E-state index in [1.54, 1.807) is 0 Å². The second-order valence-electron chi connectivity index (χ2n) is 6.28. The third-order valence-corrected chi connectivity index (χ3v) is 4.45. The molecule has 1 fully saturated rings. The van der Waals surface area contributed by atoms with Gasteiger partial charge in [-0.05, 0) is 32.6 Å². The molecule has 1 saturated carbocycles. The van der Waals surface area contributed by atoms with Crippen LogP contribution in [0.15, 0.2) is 4.52 Å². The molecule has 2 atom stereocenters. The Labute approximate surface area is 137 Å². The van der Waals surface area contributed by atoms with Gasteiger partial charge in [0.05, 0.1) is 0 Å². The van der Waals surface area contributed by atoms with E-state index in [-0.39, 0.29) is 24.7 Å². The van der Waals surface area contributed by atoms with Gasteiger partial charge < -0.3 is 20.3 Å². The number of nitrogens with one attached hydrogen (secondary N) is 2. The quantitative estimate of drug-likeness (QED) is 0.716. The molecule has 0 spiro atoms. The lowest BCUT2D eigenvalue weighted by molar-refractivity contribution is 0.222. The van der Waals surface area contributed by atoms with Crippen LogP contribution in [0.3, 0.4) is 0 Å². The molecule has 3 N–H and O–H groups in total. The van der Waals surface area contributed by atoms with Crippen molar-refractivity contribution in [2.24, 2.45) is 0 Å². The molecule has 23 heavy (non-hydrogen) atoms. The molecule has 2 unspecified atom stereocenters. The molecule has 1 aliphatic rings. The van der Waals surface area contributed by atoms with Gasteiger partial charge in [-0.15, -0.1) is 0 Å². The molecule has 0 aliphatic heterocycles. The van der Waals surface area contributed by atoms with Crippen LogP contribution in [0.5, 0.6) is 0 Å². The predicted octanol–water partition coefficient (Wildman–Crippen LogP) is 2.64. The number of nitrogens with zero attached hydrogens (tertiary/aromatic N) is 2. The van der Waals surface area contributed by atoms with E-state index in [9.17, 15) is 4.79 Å². The van der Waals surface area contributed by atoms with E-state index in [0.717, 1.165) is 25.1 Å². The summed E-state index contributed by atoms with van der Waals surface area (Å²) in [6.07, 6.45) is 7.26. The van der Waals surface area contributed by atoms with Gasteiger partial charge in [0.15, 0.2) is 5.82 Å². The van der Waals surface area contributed by atoms with E-state index < -0.39 is 0 Å². The van der Waals surface area contributed by atoms with Crippen molar-refractivity contribution >= 4 is 6.03 Å². The van der Waals surface area contributed by atoms with Gasteiger partial charge in [-0.25, -0.2) is 4.79 Å². The molecule has 130 valence electrons. The second kappa shape index (κ2) is 8.86. The molecule has 1 aliphatic carbocycles. The molecule has 0 aromatic carbocycles. The Morgan fingerprint density at radius 3 is 2.74 bits per heavy atom. The van der Waals surface area contributed by atoms with Crippen molar-refractivity contribution in [1.82, 2.24) is 20.8 Å². The van der Waals surface area contributed by atoms with Crippen LogP contribution in [-0.4, -0.2) is 33.9 Å². The fourth-order valence-corrected chi connectivity index (χ4v) is 2.97. The van der Waals surface area contributed by atoms with Crippen molar-refractivity contribution < 1.29 is 14.4 Å². The fraction of sp³-hybridized carbons (Fsp3) is 0.812. The Morgan fingerprint density at radius 1 is 1.35 bits per heavy atom. The van der Waals surface area contributed by atoms with Gasteiger partial charge in [-0.1, -0.05) is 31.3 Å². The molecule has 2 amide bonds. The summed E-state index contributed by atoms with van der Waals surface area (Å²) in [5.41, 5.74) is 0. The van der Waals surface area contributed by atoms with Gasteiger partial charge >= 0.3 is 6.03 Å². The van der Waals surface area contributed by atoms with Crippen LogP contribution in [0.2, 0.25) is 0 Å². The summed E-state index contributed by atoms with van der Waals surface area (Å²) >= 11 is 0. The summed E-state index contributed by atoms with van der Waals surface area (Å²) in [4.78, 5) is 16.4. The van der Waals surface area contributed by atoms with Crippen LogP contribution in [0.4, 0.5) is 4.79 Å². The van der Waals surface area contributed by atoms with Crippen molar-refractivity contribution in [2.45, 2.75) is 76.8 Å². The van der Waals surface area contributed by atoms with Crippen molar-refractivity contribution in [2.75, 3.05) is 6.61 Å². The van der Waals surface area contributed by atoms with Crippen LogP contribution in [0.25, 0.3) is 0 Å². The zero-order valence-electron chi connectivity index (χ0n) is 14.0. The molecule has 7 heteroatoms. The van der Waals surface area contributed by atoms with Crippen LogP contribution in [-0.2, 0) is 0 Å². The summed E-state index contributed by atoms with van der Waals surface area (Å²) < 4.78 is 5.32. The third-order valence-electron chi connectivity index (χ3n) is 4.45. The number of rotatable bonds is 7. The fourth-order valence-electron chi connectivity index (χ4n) is 2.97. The highest BCUT2D eigenvalue weighted by Crippen LogP contribution is 2.31.